The molecule has 0 saturated heterocycles. The monoisotopic (exact) mass is 529 g/mol. The number of carbonyl (C=O) groups excluding carboxylic acids is 1. The number of nitrogens with zero attached hydrogens (tertiary/aromatic N) is 3. The average Bonchev–Trinajstić information content (AvgIpc) is 2.88. The molecule has 3 N–H and O–H groups in total. The molecule has 2 heterocycles. The van der Waals surface area contributed by atoms with Crippen molar-refractivity contribution in [3.8, 4) is 17.2 Å². The van der Waals surface area contributed by atoms with Crippen molar-refractivity contribution in [2.45, 2.75) is 48.0 Å². The van der Waals surface area contributed by atoms with Crippen molar-refractivity contribution in [3.05, 3.63) is 71.7 Å². The summed E-state index contributed by atoms with van der Waals surface area (Å²) in [5, 5.41) is 11.6. The highest BCUT2D eigenvalue weighted by Crippen LogP contribution is 2.33. The van der Waals surface area contributed by atoms with Crippen LogP contribution in [0.5, 0.6) is 0 Å². The molecule has 0 aliphatic heterocycles. The molecule has 0 bridgehead atoms. The van der Waals surface area contributed by atoms with Gasteiger partial charge in [-0.1, -0.05) is 12.1 Å². The first kappa shape index (κ1) is 26.1. The highest BCUT2D eigenvalue weighted by atomic mass is 32.2. The summed E-state index contributed by atoms with van der Waals surface area (Å²) in [6.45, 7) is 0. The Balaban J connectivity index is 1.42. The van der Waals surface area contributed by atoms with Gasteiger partial charge in [-0.05, 0) is 67.1 Å². The number of nitrogens with one attached hydrogen (secondary N) is 1. The second-order valence-electron chi connectivity index (χ2n) is 8.71. The van der Waals surface area contributed by atoms with Gasteiger partial charge in [-0.2, -0.15) is 18.4 Å². The lowest BCUT2D eigenvalue weighted by atomic mass is 9.95. The van der Waals surface area contributed by atoms with E-state index in [1.54, 1.807) is 24.3 Å². The van der Waals surface area contributed by atoms with Crippen LogP contribution in [0.1, 0.15) is 47.3 Å². The van der Waals surface area contributed by atoms with E-state index in [2.05, 4.69) is 15.3 Å². The van der Waals surface area contributed by atoms with Crippen LogP contribution >= 0.6 is 0 Å². The van der Waals surface area contributed by atoms with E-state index in [-0.39, 0.29) is 28.0 Å². The molecule has 12 heteroatoms. The second kappa shape index (κ2) is 10.2. The van der Waals surface area contributed by atoms with Crippen molar-refractivity contribution in [2.75, 3.05) is 5.32 Å². The van der Waals surface area contributed by atoms with Gasteiger partial charge in [0, 0.05) is 18.4 Å². The molecule has 1 aromatic carbocycles. The van der Waals surface area contributed by atoms with Crippen LogP contribution in [0.3, 0.4) is 0 Å². The molecule has 8 nitrogen and oxygen atoms in total. The highest BCUT2D eigenvalue weighted by Gasteiger charge is 2.34. The third-order valence-electron chi connectivity index (χ3n) is 6.32. The number of hydrogen-bond donors (Lipinski definition) is 2. The number of nitrogens with two attached hydrogens (primary N) is 1. The molecule has 192 valence electrons. The van der Waals surface area contributed by atoms with Crippen molar-refractivity contribution in [2.24, 2.45) is 5.73 Å². The molecule has 1 fully saturated rings. The van der Waals surface area contributed by atoms with E-state index in [0.717, 1.165) is 6.07 Å². The number of hydrogen-bond acceptors (Lipinski definition) is 7. The summed E-state index contributed by atoms with van der Waals surface area (Å²) >= 11 is 0. The molecule has 0 atom stereocenters. The van der Waals surface area contributed by atoms with E-state index < -0.39 is 32.7 Å². The summed E-state index contributed by atoms with van der Waals surface area (Å²) < 4.78 is 65.1. The first-order valence-corrected chi connectivity index (χ1v) is 12.9. The van der Waals surface area contributed by atoms with Gasteiger partial charge >= 0.3 is 6.18 Å². The van der Waals surface area contributed by atoms with Crippen LogP contribution in [0.15, 0.2) is 59.8 Å². The molecule has 1 amide bonds. The van der Waals surface area contributed by atoms with Gasteiger partial charge in [0.1, 0.15) is 17.6 Å². The van der Waals surface area contributed by atoms with Gasteiger partial charge in [-0.15, -0.1) is 0 Å². The fraction of sp³-hybridized carbons (Fsp3) is 0.280. The maximum atomic E-state index is 13.2. The van der Waals surface area contributed by atoms with Crippen molar-refractivity contribution in [1.82, 2.24) is 9.97 Å². The van der Waals surface area contributed by atoms with Gasteiger partial charge in [-0.3, -0.25) is 9.78 Å². The van der Waals surface area contributed by atoms with Gasteiger partial charge in [0.15, 0.2) is 9.84 Å². The van der Waals surface area contributed by atoms with Crippen LogP contribution in [0.2, 0.25) is 0 Å². The standard InChI is InChI=1S/C25H22F3N5O3S/c26-25(27,28)18-11-17(13-29)24(32-14-18)33-19-3-7-21(8-4-19)37(35,36)20-5-1-15(2-6-20)16-9-10-31-22(12-16)23(30)34/h1-2,5-6,9-12,14,19,21H,3-4,7-8H2,(H2,30,34)(H,32,33). The van der Waals surface area contributed by atoms with E-state index in [4.69, 9.17) is 5.73 Å². The Bertz CT molecular complexity index is 1460. The van der Waals surface area contributed by atoms with Crippen LogP contribution in [-0.4, -0.2) is 35.6 Å². The first-order valence-electron chi connectivity index (χ1n) is 11.3. The minimum absolute atomic E-state index is 0.0491. The largest absolute Gasteiger partial charge is 0.417 e. The van der Waals surface area contributed by atoms with Gasteiger partial charge in [0.25, 0.3) is 5.91 Å². The third kappa shape index (κ3) is 5.72. The third-order valence-corrected chi connectivity index (χ3v) is 8.60. The molecule has 1 aliphatic rings. The fourth-order valence-electron chi connectivity index (χ4n) is 4.31. The average molecular weight is 530 g/mol. The van der Waals surface area contributed by atoms with Crippen LogP contribution in [0.4, 0.5) is 19.0 Å². The van der Waals surface area contributed by atoms with E-state index in [1.807, 2.05) is 0 Å². The summed E-state index contributed by atoms with van der Waals surface area (Å²) in [4.78, 5) is 19.2. The van der Waals surface area contributed by atoms with Gasteiger partial charge in [0.2, 0.25) is 0 Å². The van der Waals surface area contributed by atoms with E-state index in [9.17, 15) is 31.6 Å². The van der Waals surface area contributed by atoms with Crippen molar-refractivity contribution in [3.63, 3.8) is 0 Å². The molecular formula is C25H22F3N5O3S. The Labute approximate surface area is 211 Å². The van der Waals surface area contributed by atoms with E-state index >= 15 is 0 Å². The molecule has 0 unspecified atom stereocenters. The lowest BCUT2D eigenvalue weighted by Gasteiger charge is -2.29. The Morgan fingerprint density at radius 3 is 2.30 bits per heavy atom. The van der Waals surface area contributed by atoms with Gasteiger partial charge < -0.3 is 11.1 Å². The van der Waals surface area contributed by atoms with Gasteiger partial charge in [-0.25, -0.2) is 13.4 Å². The molecule has 3 aromatic rings. The first-order chi connectivity index (χ1) is 17.5. The van der Waals surface area contributed by atoms with Crippen LogP contribution < -0.4 is 11.1 Å². The minimum Gasteiger partial charge on any atom is -0.366 e. The number of nitriles is 1. The van der Waals surface area contributed by atoms with Crippen molar-refractivity contribution >= 4 is 21.6 Å². The number of aromatic nitrogens is 2. The maximum absolute atomic E-state index is 13.2. The number of sulfone groups is 1. The number of primary amides is 1. The van der Waals surface area contributed by atoms with Gasteiger partial charge in [0.05, 0.1) is 21.3 Å². The smallest absolute Gasteiger partial charge is 0.366 e. The molecule has 2 aromatic heterocycles. The Morgan fingerprint density at radius 1 is 1.03 bits per heavy atom. The van der Waals surface area contributed by atoms with Crippen molar-refractivity contribution < 1.29 is 26.4 Å². The SMILES string of the molecule is N#Cc1cc(C(F)(F)F)cnc1NC1CCC(S(=O)(=O)c2ccc(-c3ccnc(C(N)=O)c3)cc2)CC1. The van der Waals surface area contributed by atoms with Crippen LogP contribution in [0.25, 0.3) is 11.1 Å². The predicted molar refractivity (Wildman–Crippen MR) is 129 cm³/mol. The topological polar surface area (TPSA) is 139 Å². The lowest BCUT2D eigenvalue weighted by molar-refractivity contribution is -0.137. The van der Waals surface area contributed by atoms with Crippen LogP contribution in [0, 0.1) is 11.3 Å². The molecule has 0 spiro atoms. The zero-order valence-corrected chi connectivity index (χ0v) is 20.2. The molecular weight excluding hydrogens is 507 g/mol. The molecule has 1 aliphatic carbocycles. The summed E-state index contributed by atoms with van der Waals surface area (Å²) in [7, 11) is -3.62. The Morgan fingerprint density at radius 2 is 1.70 bits per heavy atom. The fourth-order valence-corrected chi connectivity index (χ4v) is 6.10. The van der Waals surface area contributed by atoms with Crippen molar-refractivity contribution in [1.29, 1.82) is 5.26 Å². The summed E-state index contributed by atoms with van der Waals surface area (Å²) in [6.07, 6.45) is -0.902. The normalized spacial score (nSPS) is 18.1. The number of halogens is 3. The number of pyridine rings is 2. The van der Waals surface area contributed by atoms with Crippen LogP contribution in [-0.2, 0) is 16.0 Å². The Kier molecular flexibility index (Phi) is 7.18. The summed E-state index contributed by atoms with van der Waals surface area (Å²) in [5.74, 6) is -0.614. The zero-order valence-electron chi connectivity index (χ0n) is 19.4. The molecule has 1 saturated carbocycles. The molecule has 0 radical (unpaired) electrons. The number of amides is 1. The number of alkyl halides is 3. The number of rotatable bonds is 6. The number of anilines is 1. The lowest BCUT2D eigenvalue weighted by Crippen LogP contribution is -2.33. The minimum atomic E-state index is -4.60. The summed E-state index contributed by atoms with van der Waals surface area (Å²) in [6, 6.07) is 11.8. The molecule has 37 heavy (non-hydrogen) atoms. The molecule has 4 rings (SSSR count). The van der Waals surface area contributed by atoms with E-state index in [0.29, 0.717) is 43.0 Å². The zero-order chi connectivity index (χ0) is 26.8. The summed E-state index contributed by atoms with van der Waals surface area (Å²) in [5.41, 5.74) is 5.52. The second-order valence-corrected chi connectivity index (χ2v) is 10.9. The maximum Gasteiger partial charge on any atom is 0.417 e. The number of carbonyl (C=O) groups is 1. The predicted octanol–water partition coefficient (Wildman–Crippen LogP) is 4.33. The van der Waals surface area contributed by atoms with E-state index in [1.165, 1.54) is 24.4 Å². The Hall–Kier alpha value is -3.98. The highest BCUT2D eigenvalue weighted by molar-refractivity contribution is 7.92. The number of benzene rings is 1. The quantitative estimate of drug-likeness (QED) is 0.485.